The van der Waals surface area contributed by atoms with Crippen molar-refractivity contribution in [3.05, 3.63) is 64.9 Å². The van der Waals surface area contributed by atoms with Gasteiger partial charge in [0.05, 0.1) is 18.1 Å². The minimum Gasteiger partial charge on any atom is -0.371 e. The van der Waals surface area contributed by atoms with E-state index in [1.54, 1.807) is 12.4 Å². The highest BCUT2D eigenvalue weighted by Gasteiger charge is 2.44. The van der Waals surface area contributed by atoms with Crippen LogP contribution in [0.3, 0.4) is 0 Å². The topological polar surface area (TPSA) is 54.5 Å². The molecule has 1 N–H and O–H groups in total. The van der Waals surface area contributed by atoms with Gasteiger partial charge in [-0.3, -0.25) is 14.7 Å². The molecule has 0 saturated carbocycles. The molecule has 6 heteroatoms. The minimum atomic E-state index is -0.0770. The molecule has 2 bridgehead atoms. The normalized spacial score (nSPS) is 25.2. The summed E-state index contributed by atoms with van der Waals surface area (Å²) in [4.78, 5) is 19.1. The zero-order chi connectivity index (χ0) is 17.9. The molecule has 5 nitrogen and oxygen atoms in total. The first-order valence-corrected chi connectivity index (χ1v) is 9.34. The summed E-state index contributed by atoms with van der Waals surface area (Å²) >= 11 is 5.96. The lowest BCUT2D eigenvalue weighted by molar-refractivity contribution is -0.128. The number of morpholine rings is 1. The molecule has 0 radical (unpaired) electrons. The predicted octanol–water partition coefficient (Wildman–Crippen LogP) is 2.64. The second-order valence-electron chi connectivity index (χ2n) is 7.04. The summed E-state index contributed by atoms with van der Waals surface area (Å²) in [7, 11) is 0. The molecule has 1 amide bonds. The van der Waals surface area contributed by atoms with Crippen molar-refractivity contribution in [2.24, 2.45) is 5.92 Å². The molecular weight excluding hydrogens is 350 g/mol. The molecule has 1 aromatic heterocycles. The van der Waals surface area contributed by atoms with Crippen LogP contribution in [-0.2, 0) is 22.6 Å². The Kier molecular flexibility index (Phi) is 5.20. The zero-order valence-electron chi connectivity index (χ0n) is 14.5. The molecule has 4 rings (SSSR count). The Balaban J connectivity index is 1.33. The number of likely N-dealkylation sites (tertiary alicyclic amines) is 1. The number of nitrogens with one attached hydrogen (secondary N) is 1. The highest BCUT2D eigenvalue weighted by molar-refractivity contribution is 6.30. The maximum absolute atomic E-state index is 12.6. The monoisotopic (exact) mass is 371 g/mol. The quantitative estimate of drug-likeness (QED) is 0.877. The number of fused-ring (bicyclic) bond motifs is 2. The first kappa shape index (κ1) is 17.5. The van der Waals surface area contributed by atoms with Crippen molar-refractivity contribution in [3.8, 4) is 0 Å². The van der Waals surface area contributed by atoms with Crippen molar-refractivity contribution in [2.45, 2.75) is 31.7 Å². The summed E-state index contributed by atoms with van der Waals surface area (Å²) in [6.45, 7) is 3.02. The number of hydrogen-bond donors (Lipinski definition) is 1. The SMILES string of the molecule is O=C(NCc1cccnc1)C1CC2CN(Cc3ccc(Cl)cc3)CC1O2. The molecule has 3 unspecified atom stereocenters. The van der Waals surface area contributed by atoms with Crippen LogP contribution in [0.25, 0.3) is 0 Å². The van der Waals surface area contributed by atoms with Crippen LogP contribution in [0, 0.1) is 5.92 Å². The number of halogens is 1. The van der Waals surface area contributed by atoms with Gasteiger partial charge in [-0.15, -0.1) is 0 Å². The highest BCUT2D eigenvalue weighted by Crippen LogP contribution is 2.32. The van der Waals surface area contributed by atoms with Gasteiger partial charge in [0.2, 0.25) is 5.91 Å². The van der Waals surface area contributed by atoms with Gasteiger partial charge in [-0.25, -0.2) is 0 Å². The van der Waals surface area contributed by atoms with E-state index in [4.69, 9.17) is 16.3 Å². The van der Waals surface area contributed by atoms with Crippen LogP contribution in [0.15, 0.2) is 48.8 Å². The predicted molar refractivity (Wildman–Crippen MR) is 99.6 cm³/mol. The second-order valence-corrected chi connectivity index (χ2v) is 7.47. The Morgan fingerprint density at radius 2 is 2.08 bits per heavy atom. The van der Waals surface area contributed by atoms with Gasteiger partial charge in [-0.1, -0.05) is 29.8 Å². The fraction of sp³-hybridized carbons (Fsp3) is 0.400. The van der Waals surface area contributed by atoms with Crippen LogP contribution in [0.4, 0.5) is 0 Å². The van der Waals surface area contributed by atoms with E-state index in [0.29, 0.717) is 6.54 Å². The third kappa shape index (κ3) is 4.06. The van der Waals surface area contributed by atoms with Crippen molar-refractivity contribution in [1.29, 1.82) is 0 Å². The average Bonchev–Trinajstić information content (AvgIpc) is 2.97. The lowest BCUT2D eigenvalue weighted by Crippen LogP contribution is -2.44. The van der Waals surface area contributed by atoms with E-state index >= 15 is 0 Å². The van der Waals surface area contributed by atoms with Crippen molar-refractivity contribution >= 4 is 17.5 Å². The molecule has 26 heavy (non-hydrogen) atoms. The van der Waals surface area contributed by atoms with E-state index in [9.17, 15) is 4.79 Å². The molecule has 136 valence electrons. The van der Waals surface area contributed by atoms with Gasteiger partial charge >= 0.3 is 0 Å². The minimum absolute atomic E-state index is 0.0325. The highest BCUT2D eigenvalue weighted by atomic mass is 35.5. The number of nitrogens with zero attached hydrogens (tertiary/aromatic N) is 2. The van der Waals surface area contributed by atoms with Crippen LogP contribution >= 0.6 is 11.6 Å². The number of pyridine rings is 1. The maximum Gasteiger partial charge on any atom is 0.226 e. The molecule has 3 heterocycles. The van der Waals surface area contributed by atoms with E-state index < -0.39 is 0 Å². The summed E-state index contributed by atoms with van der Waals surface area (Å²) in [6, 6.07) is 11.8. The number of amides is 1. The zero-order valence-corrected chi connectivity index (χ0v) is 15.2. The molecule has 0 aliphatic carbocycles. The summed E-state index contributed by atoms with van der Waals surface area (Å²) in [5.41, 5.74) is 2.24. The standard InChI is InChI=1S/C20H22ClN3O2/c21-16-5-3-14(4-6-16)11-24-12-17-8-18(19(13-24)26-17)20(25)23-10-15-2-1-7-22-9-15/h1-7,9,17-19H,8,10-13H2,(H,23,25). The number of rotatable bonds is 5. The van der Waals surface area contributed by atoms with Gasteiger partial charge in [-0.2, -0.15) is 0 Å². The average molecular weight is 372 g/mol. The Hall–Kier alpha value is -1.95. The Bertz CT molecular complexity index is 753. The Morgan fingerprint density at radius 1 is 1.23 bits per heavy atom. The molecule has 1 aromatic carbocycles. The third-order valence-corrected chi connectivity index (χ3v) is 5.33. The molecule has 2 aromatic rings. The van der Waals surface area contributed by atoms with E-state index in [1.165, 1.54) is 5.56 Å². The van der Waals surface area contributed by atoms with Crippen molar-refractivity contribution < 1.29 is 9.53 Å². The smallest absolute Gasteiger partial charge is 0.226 e. The number of hydrogen-bond acceptors (Lipinski definition) is 4. The van der Waals surface area contributed by atoms with Crippen LogP contribution in [-0.4, -0.2) is 41.1 Å². The van der Waals surface area contributed by atoms with Gasteiger partial charge in [0, 0.05) is 43.6 Å². The number of carbonyl (C=O) groups is 1. The first-order chi connectivity index (χ1) is 12.7. The fourth-order valence-electron chi connectivity index (χ4n) is 3.81. The van der Waals surface area contributed by atoms with Gasteiger partial charge in [0.1, 0.15) is 0 Å². The fourth-order valence-corrected chi connectivity index (χ4v) is 3.94. The van der Waals surface area contributed by atoms with Crippen molar-refractivity contribution in [2.75, 3.05) is 13.1 Å². The Morgan fingerprint density at radius 3 is 2.85 bits per heavy atom. The summed E-state index contributed by atoms with van der Waals surface area (Å²) in [6.07, 6.45) is 4.40. The van der Waals surface area contributed by atoms with Crippen LogP contribution in [0.1, 0.15) is 17.5 Å². The molecule has 0 spiro atoms. The lowest BCUT2D eigenvalue weighted by atomic mass is 9.99. The number of aromatic nitrogens is 1. The van der Waals surface area contributed by atoms with E-state index in [1.807, 2.05) is 24.3 Å². The molecule has 2 aliphatic heterocycles. The molecule has 2 aliphatic rings. The first-order valence-electron chi connectivity index (χ1n) is 8.96. The van der Waals surface area contributed by atoms with Gasteiger partial charge < -0.3 is 10.1 Å². The lowest BCUT2D eigenvalue weighted by Gasteiger charge is -2.32. The van der Waals surface area contributed by atoms with E-state index in [0.717, 1.165) is 36.6 Å². The Labute approximate surface area is 158 Å². The van der Waals surface area contributed by atoms with Gasteiger partial charge in [0.25, 0.3) is 0 Å². The van der Waals surface area contributed by atoms with Crippen LogP contribution in [0.2, 0.25) is 5.02 Å². The summed E-state index contributed by atoms with van der Waals surface area (Å²) in [5, 5.41) is 3.78. The molecule has 2 fully saturated rings. The number of carbonyl (C=O) groups excluding carboxylic acids is 1. The summed E-state index contributed by atoms with van der Waals surface area (Å²) < 4.78 is 6.03. The molecular formula is C20H22ClN3O2. The third-order valence-electron chi connectivity index (χ3n) is 5.08. The molecule has 3 atom stereocenters. The molecule has 2 saturated heterocycles. The largest absolute Gasteiger partial charge is 0.371 e. The van der Waals surface area contributed by atoms with Crippen molar-refractivity contribution in [3.63, 3.8) is 0 Å². The van der Waals surface area contributed by atoms with E-state index in [2.05, 4.69) is 27.3 Å². The van der Waals surface area contributed by atoms with Crippen LogP contribution < -0.4 is 5.32 Å². The second kappa shape index (κ2) is 7.74. The van der Waals surface area contributed by atoms with Gasteiger partial charge in [0.15, 0.2) is 0 Å². The maximum atomic E-state index is 12.6. The van der Waals surface area contributed by atoms with Crippen molar-refractivity contribution in [1.82, 2.24) is 15.2 Å². The number of ether oxygens (including phenoxy) is 1. The van der Waals surface area contributed by atoms with Crippen LogP contribution in [0.5, 0.6) is 0 Å². The van der Waals surface area contributed by atoms with E-state index in [-0.39, 0.29) is 24.0 Å². The van der Waals surface area contributed by atoms with Gasteiger partial charge in [-0.05, 0) is 35.7 Å². The summed E-state index contributed by atoms with van der Waals surface area (Å²) in [5.74, 6) is 0.00147. The number of benzene rings is 1.